The van der Waals surface area contributed by atoms with Crippen LogP contribution in [0.4, 0.5) is 0 Å². The predicted molar refractivity (Wildman–Crippen MR) is 88.2 cm³/mol. The highest BCUT2D eigenvalue weighted by atomic mass is 16.5. The Labute approximate surface area is 134 Å². The second kappa shape index (κ2) is 6.62. The van der Waals surface area contributed by atoms with Crippen LogP contribution in [0.2, 0.25) is 0 Å². The Balaban J connectivity index is 2.01. The Morgan fingerprint density at radius 2 is 2.00 bits per heavy atom. The van der Waals surface area contributed by atoms with Crippen molar-refractivity contribution in [2.24, 2.45) is 0 Å². The number of rotatable bonds is 5. The summed E-state index contributed by atoms with van der Waals surface area (Å²) in [7, 11) is 0. The first-order valence-electron chi connectivity index (χ1n) is 7.67. The molecule has 3 aromatic rings. The third kappa shape index (κ3) is 3.10. The van der Waals surface area contributed by atoms with E-state index < -0.39 is 11.9 Å². The number of amides is 1. The summed E-state index contributed by atoms with van der Waals surface area (Å²) in [6.07, 6.45) is 3.17. The van der Waals surface area contributed by atoms with Gasteiger partial charge in [0.25, 0.3) is 5.91 Å². The molecule has 1 atom stereocenters. The second-order valence-electron chi connectivity index (χ2n) is 5.52. The summed E-state index contributed by atoms with van der Waals surface area (Å²) in [5, 5.41) is 14.5. The molecule has 0 bridgehead atoms. The van der Waals surface area contributed by atoms with Gasteiger partial charge in [-0.2, -0.15) is 5.10 Å². The molecule has 23 heavy (non-hydrogen) atoms. The molecule has 1 unspecified atom stereocenters. The molecule has 0 radical (unpaired) electrons. The lowest BCUT2D eigenvalue weighted by Crippen LogP contribution is -2.32. The summed E-state index contributed by atoms with van der Waals surface area (Å²) in [6, 6.07) is 15.2. The molecule has 118 valence electrons. The minimum atomic E-state index is -0.604. The maximum absolute atomic E-state index is 12.2. The van der Waals surface area contributed by atoms with Crippen molar-refractivity contribution in [3.63, 3.8) is 0 Å². The highest BCUT2D eigenvalue weighted by Gasteiger charge is 2.23. The molecule has 5 heteroatoms. The van der Waals surface area contributed by atoms with Gasteiger partial charge in [-0.1, -0.05) is 43.3 Å². The Morgan fingerprint density at radius 3 is 2.70 bits per heavy atom. The van der Waals surface area contributed by atoms with Gasteiger partial charge in [-0.3, -0.25) is 14.7 Å². The van der Waals surface area contributed by atoms with Crippen LogP contribution in [0.1, 0.15) is 24.1 Å². The van der Waals surface area contributed by atoms with Gasteiger partial charge in [0.1, 0.15) is 6.04 Å². The van der Waals surface area contributed by atoms with Gasteiger partial charge in [0.15, 0.2) is 0 Å². The third-order valence-corrected chi connectivity index (χ3v) is 4.05. The Hall–Kier alpha value is -2.66. The highest BCUT2D eigenvalue weighted by Crippen LogP contribution is 2.22. The molecule has 0 saturated heterocycles. The zero-order chi connectivity index (χ0) is 16.2. The number of benzene rings is 2. The first-order chi connectivity index (χ1) is 11.2. The summed E-state index contributed by atoms with van der Waals surface area (Å²) in [5.41, 5.74) is 4.88. The van der Waals surface area contributed by atoms with E-state index in [0.29, 0.717) is 6.42 Å². The minimum absolute atomic E-state index is 0.458. The lowest BCUT2D eigenvalue weighted by Gasteiger charge is -2.17. The summed E-state index contributed by atoms with van der Waals surface area (Å²) in [4.78, 5) is 12.2. The fraction of sp³-hybridized carbons (Fsp3) is 0.222. The first kappa shape index (κ1) is 15.2. The smallest absolute Gasteiger partial charge is 0.268 e. The fourth-order valence-electron chi connectivity index (χ4n) is 2.77. The van der Waals surface area contributed by atoms with E-state index in [2.05, 4.69) is 18.1 Å². The van der Waals surface area contributed by atoms with Crippen molar-refractivity contribution in [2.75, 3.05) is 0 Å². The molecule has 0 saturated carbocycles. The molecule has 0 aliphatic heterocycles. The highest BCUT2D eigenvalue weighted by molar-refractivity contribution is 5.84. The molecule has 0 spiro atoms. The number of aryl methyl sites for hydroxylation is 1. The van der Waals surface area contributed by atoms with Gasteiger partial charge < -0.3 is 0 Å². The molecule has 2 aromatic carbocycles. The summed E-state index contributed by atoms with van der Waals surface area (Å²) >= 11 is 0. The van der Waals surface area contributed by atoms with Gasteiger partial charge in [-0.15, -0.1) is 0 Å². The van der Waals surface area contributed by atoms with Crippen molar-refractivity contribution < 1.29 is 10.0 Å². The third-order valence-electron chi connectivity index (χ3n) is 4.05. The molecule has 1 amide bonds. The topological polar surface area (TPSA) is 67.2 Å². The van der Waals surface area contributed by atoms with Crippen molar-refractivity contribution in [1.29, 1.82) is 0 Å². The van der Waals surface area contributed by atoms with Gasteiger partial charge in [0.05, 0.1) is 11.7 Å². The van der Waals surface area contributed by atoms with E-state index in [0.717, 1.165) is 22.9 Å². The molecule has 1 heterocycles. The van der Waals surface area contributed by atoms with Gasteiger partial charge in [-0.05, 0) is 29.7 Å². The van der Waals surface area contributed by atoms with Crippen molar-refractivity contribution in [1.82, 2.24) is 15.3 Å². The average molecular weight is 309 g/mol. The minimum Gasteiger partial charge on any atom is -0.289 e. The van der Waals surface area contributed by atoms with Crippen LogP contribution in [0, 0.1) is 0 Å². The molecule has 0 aliphatic rings. The Kier molecular flexibility index (Phi) is 4.39. The van der Waals surface area contributed by atoms with Crippen LogP contribution in [0.3, 0.4) is 0 Å². The molecule has 2 N–H and O–H groups in total. The number of carbonyl (C=O) groups excluding carboxylic acids is 1. The van der Waals surface area contributed by atoms with E-state index in [9.17, 15) is 4.79 Å². The van der Waals surface area contributed by atoms with Crippen LogP contribution in [0.25, 0.3) is 10.9 Å². The Bertz CT molecular complexity index is 812. The predicted octanol–water partition coefficient (Wildman–Crippen LogP) is 2.89. The molecule has 1 aromatic heterocycles. The number of nitrogens with one attached hydrogen (secondary N) is 1. The average Bonchev–Trinajstić information content (AvgIpc) is 3.02. The zero-order valence-corrected chi connectivity index (χ0v) is 12.9. The van der Waals surface area contributed by atoms with Crippen LogP contribution in [0.5, 0.6) is 0 Å². The number of fused-ring (bicyclic) bond motifs is 1. The van der Waals surface area contributed by atoms with Crippen molar-refractivity contribution in [3.8, 4) is 0 Å². The largest absolute Gasteiger partial charge is 0.289 e. The number of nitrogens with zero attached hydrogens (tertiary/aromatic N) is 2. The van der Waals surface area contributed by atoms with E-state index in [1.54, 1.807) is 16.4 Å². The molecule has 3 rings (SSSR count). The van der Waals surface area contributed by atoms with E-state index in [4.69, 9.17) is 5.21 Å². The molecular weight excluding hydrogens is 290 g/mol. The lowest BCUT2D eigenvalue weighted by molar-refractivity contribution is -0.132. The summed E-state index contributed by atoms with van der Waals surface area (Å²) in [6.45, 7) is 2.10. The molecule has 5 nitrogen and oxygen atoms in total. The van der Waals surface area contributed by atoms with Crippen LogP contribution in [0.15, 0.2) is 54.7 Å². The maximum Gasteiger partial charge on any atom is 0.268 e. The van der Waals surface area contributed by atoms with Gasteiger partial charge >= 0.3 is 0 Å². The number of hydrogen-bond donors (Lipinski definition) is 2. The van der Waals surface area contributed by atoms with E-state index >= 15 is 0 Å². The number of hydroxylamine groups is 1. The SMILES string of the molecule is CCc1ccc2c(cnn2C(Cc2ccccc2)C(=O)NO)c1. The van der Waals surface area contributed by atoms with E-state index in [-0.39, 0.29) is 0 Å². The molecule has 0 fully saturated rings. The monoisotopic (exact) mass is 309 g/mol. The molecular formula is C18H19N3O2. The van der Waals surface area contributed by atoms with E-state index in [1.807, 2.05) is 42.5 Å². The van der Waals surface area contributed by atoms with Crippen LogP contribution < -0.4 is 5.48 Å². The quantitative estimate of drug-likeness (QED) is 0.562. The number of hydrogen-bond acceptors (Lipinski definition) is 3. The summed E-state index contributed by atoms with van der Waals surface area (Å²) in [5.74, 6) is -0.474. The normalized spacial score (nSPS) is 12.3. The zero-order valence-electron chi connectivity index (χ0n) is 12.9. The number of carbonyl (C=O) groups is 1. The van der Waals surface area contributed by atoms with Crippen molar-refractivity contribution in [2.45, 2.75) is 25.8 Å². The first-order valence-corrected chi connectivity index (χ1v) is 7.67. The van der Waals surface area contributed by atoms with Crippen molar-refractivity contribution in [3.05, 3.63) is 65.9 Å². The lowest BCUT2D eigenvalue weighted by atomic mass is 10.0. The standard InChI is InChI=1S/C18H19N3O2/c1-2-13-8-9-16-15(10-13)12-19-21(16)17(18(22)20-23)11-14-6-4-3-5-7-14/h3-10,12,17,23H,2,11H2,1H3,(H,20,22). The fourth-order valence-corrected chi connectivity index (χ4v) is 2.77. The Morgan fingerprint density at radius 1 is 1.22 bits per heavy atom. The van der Waals surface area contributed by atoms with Crippen molar-refractivity contribution >= 4 is 16.8 Å². The maximum atomic E-state index is 12.2. The van der Waals surface area contributed by atoms with E-state index in [1.165, 1.54) is 5.56 Å². The van der Waals surface area contributed by atoms with Gasteiger partial charge in [0.2, 0.25) is 0 Å². The van der Waals surface area contributed by atoms with Crippen LogP contribution in [-0.4, -0.2) is 20.9 Å². The van der Waals surface area contributed by atoms with Crippen LogP contribution >= 0.6 is 0 Å². The van der Waals surface area contributed by atoms with Gasteiger partial charge in [-0.25, -0.2) is 5.48 Å². The molecule has 0 aliphatic carbocycles. The number of aromatic nitrogens is 2. The van der Waals surface area contributed by atoms with Gasteiger partial charge in [0, 0.05) is 11.8 Å². The van der Waals surface area contributed by atoms with Crippen LogP contribution in [-0.2, 0) is 17.6 Å². The second-order valence-corrected chi connectivity index (χ2v) is 5.52. The summed E-state index contributed by atoms with van der Waals surface area (Å²) < 4.78 is 1.67.